The van der Waals surface area contributed by atoms with E-state index in [1.807, 2.05) is 6.92 Å². The van der Waals surface area contributed by atoms with Gasteiger partial charge in [0, 0.05) is 0 Å². The van der Waals surface area contributed by atoms with Crippen LogP contribution in [0.3, 0.4) is 0 Å². The zero-order chi connectivity index (χ0) is 13.5. The van der Waals surface area contributed by atoms with Crippen molar-refractivity contribution in [3.63, 3.8) is 0 Å². The van der Waals surface area contributed by atoms with Crippen LogP contribution in [0.2, 0.25) is 0 Å². The Morgan fingerprint density at radius 2 is 1.39 bits per heavy atom. The molecule has 0 aromatic heterocycles. The lowest BCUT2D eigenvalue weighted by atomic mass is 10.0. The van der Waals surface area contributed by atoms with Gasteiger partial charge in [-0.3, -0.25) is 0 Å². The minimum Gasteiger partial charge on any atom is -0.206 e. The molecule has 1 unspecified atom stereocenters. The van der Waals surface area contributed by atoms with Gasteiger partial charge in [-0.2, -0.15) is 0 Å². The van der Waals surface area contributed by atoms with Crippen LogP contribution in [0.4, 0.5) is 0 Å². The summed E-state index contributed by atoms with van der Waals surface area (Å²) in [6, 6.07) is 0. The van der Waals surface area contributed by atoms with Crippen molar-refractivity contribution in [2.75, 3.05) is 6.61 Å². The second-order valence-corrected chi connectivity index (χ2v) is 4.86. The molecule has 0 radical (unpaired) electrons. The molecule has 0 N–H and O–H groups in total. The average molecular weight is 260 g/mol. The second-order valence-electron chi connectivity index (χ2n) is 4.86. The van der Waals surface area contributed by atoms with E-state index in [9.17, 15) is 0 Å². The molecule has 110 valence electrons. The Labute approximate surface area is 113 Å². The molecular formula is C15H32O3. The van der Waals surface area contributed by atoms with Crippen molar-refractivity contribution >= 4 is 0 Å². The summed E-state index contributed by atoms with van der Waals surface area (Å²) in [5.41, 5.74) is 0. The molecule has 1 atom stereocenters. The van der Waals surface area contributed by atoms with Gasteiger partial charge in [-0.1, -0.05) is 70.3 Å². The molecule has 0 aliphatic heterocycles. The Morgan fingerprint density at radius 1 is 0.778 bits per heavy atom. The third kappa shape index (κ3) is 12.3. The summed E-state index contributed by atoms with van der Waals surface area (Å²) in [6.45, 7) is 6.77. The Morgan fingerprint density at radius 3 is 1.94 bits per heavy atom. The highest BCUT2D eigenvalue weighted by Gasteiger charge is 2.07. The van der Waals surface area contributed by atoms with E-state index in [1.165, 1.54) is 51.4 Å². The highest BCUT2D eigenvalue weighted by atomic mass is 17.5. The van der Waals surface area contributed by atoms with Crippen molar-refractivity contribution in [2.45, 2.75) is 91.1 Å². The highest BCUT2D eigenvalue weighted by Crippen LogP contribution is 2.13. The molecular weight excluding hydrogens is 228 g/mol. The normalized spacial score (nSPS) is 12.8. The monoisotopic (exact) mass is 260 g/mol. The molecule has 3 heteroatoms. The molecule has 0 aromatic rings. The first-order valence-corrected chi connectivity index (χ1v) is 7.80. The van der Waals surface area contributed by atoms with Gasteiger partial charge in [0.25, 0.3) is 0 Å². The summed E-state index contributed by atoms with van der Waals surface area (Å²) in [4.78, 5) is 9.90. The quantitative estimate of drug-likeness (QED) is 0.244. The van der Waals surface area contributed by atoms with Gasteiger partial charge in [0.1, 0.15) is 0 Å². The van der Waals surface area contributed by atoms with Gasteiger partial charge in [-0.05, 0) is 19.8 Å². The van der Waals surface area contributed by atoms with E-state index >= 15 is 0 Å². The fourth-order valence-corrected chi connectivity index (χ4v) is 1.96. The summed E-state index contributed by atoms with van der Waals surface area (Å²) in [6.07, 6.45) is 13.0. The lowest BCUT2D eigenvalue weighted by Gasteiger charge is -2.13. The summed E-state index contributed by atoms with van der Waals surface area (Å²) < 4.78 is 0. The molecule has 0 saturated heterocycles. The minimum atomic E-state index is 0.177. The van der Waals surface area contributed by atoms with Crippen molar-refractivity contribution in [2.24, 2.45) is 0 Å². The zero-order valence-electron chi connectivity index (χ0n) is 12.6. The maximum atomic E-state index is 5.17. The van der Waals surface area contributed by atoms with Crippen molar-refractivity contribution in [3.05, 3.63) is 0 Å². The van der Waals surface area contributed by atoms with Gasteiger partial charge < -0.3 is 0 Å². The molecule has 0 aliphatic carbocycles. The van der Waals surface area contributed by atoms with Crippen LogP contribution in [0.25, 0.3) is 0 Å². The zero-order valence-corrected chi connectivity index (χ0v) is 12.6. The number of rotatable bonds is 14. The SMILES string of the molecule is CCCCCCCCCCC(CC)OOOCC. The Balaban J connectivity index is 3.23. The molecule has 0 amide bonds. The molecule has 0 heterocycles. The van der Waals surface area contributed by atoms with Crippen LogP contribution in [0.1, 0.15) is 85.0 Å². The van der Waals surface area contributed by atoms with E-state index in [2.05, 4.69) is 18.9 Å². The van der Waals surface area contributed by atoms with Crippen LogP contribution in [0.5, 0.6) is 0 Å². The lowest BCUT2D eigenvalue weighted by molar-refractivity contribution is -0.525. The molecule has 0 rings (SSSR count). The molecule has 0 aromatic carbocycles. The van der Waals surface area contributed by atoms with Gasteiger partial charge in [0.2, 0.25) is 0 Å². The largest absolute Gasteiger partial charge is 0.206 e. The summed E-state index contributed by atoms with van der Waals surface area (Å²) in [7, 11) is 0. The van der Waals surface area contributed by atoms with Crippen molar-refractivity contribution in [1.82, 2.24) is 0 Å². The van der Waals surface area contributed by atoms with Crippen molar-refractivity contribution in [1.29, 1.82) is 0 Å². The van der Waals surface area contributed by atoms with Gasteiger partial charge in [0.15, 0.2) is 0 Å². The maximum absolute atomic E-state index is 5.17. The number of hydrogen-bond acceptors (Lipinski definition) is 3. The van der Waals surface area contributed by atoms with Gasteiger partial charge >= 0.3 is 0 Å². The molecule has 18 heavy (non-hydrogen) atoms. The minimum absolute atomic E-state index is 0.177. The van der Waals surface area contributed by atoms with Crippen LogP contribution in [0.15, 0.2) is 0 Å². The topological polar surface area (TPSA) is 27.7 Å². The van der Waals surface area contributed by atoms with E-state index < -0.39 is 0 Å². The van der Waals surface area contributed by atoms with E-state index in [0.29, 0.717) is 6.61 Å². The van der Waals surface area contributed by atoms with Gasteiger partial charge in [-0.25, -0.2) is 9.78 Å². The predicted octanol–water partition coefficient (Wildman–Crippen LogP) is 5.20. The maximum Gasteiger partial charge on any atom is 0.0958 e. The standard InChI is InChI=1S/C15H32O3/c1-4-7-8-9-10-11-12-13-14-15(5-2)17-18-16-6-3/h15H,4-14H2,1-3H3. The molecule has 0 saturated carbocycles. The van der Waals surface area contributed by atoms with Crippen LogP contribution < -0.4 is 0 Å². The second kappa shape index (κ2) is 14.9. The predicted molar refractivity (Wildman–Crippen MR) is 75.1 cm³/mol. The summed E-state index contributed by atoms with van der Waals surface area (Å²) >= 11 is 0. The van der Waals surface area contributed by atoms with E-state index in [0.717, 1.165) is 12.8 Å². The van der Waals surface area contributed by atoms with E-state index in [1.54, 1.807) is 0 Å². The van der Waals surface area contributed by atoms with Crippen LogP contribution in [-0.4, -0.2) is 12.7 Å². The highest BCUT2D eigenvalue weighted by molar-refractivity contribution is 4.54. The molecule has 0 spiro atoms. The lowest BCUT2D eigenvalue weighted by Crippen LogP contribution is -2.12. The molecule has 3 nitrogen and oxygen atoms in total. The molecule has 0 aliphatic rings. The van der Waals surface area contributed by atoms with Crippen molar-refractivity contribution < 1.29 is 14.8 Å². The Bertz CT molecular complexity index is 151. The third-order valence-electron chi connectivity index (χ3n) is 3.18. The first kappa shape index (κ1) is 17.9. The third-order valence-corrected chi connectivity index (χ3v) is 3.18. The Kier molecular flexibility index (Phi) is 14.8. The van der Waals surface area contributed by atoms with E-state index in [4.69, 9.17) is 9.78 Å². The summed E-state index contributed by atoms with van der Waals surface area (Å²) in [5, 5.41) is 4.66. The fraction of sp³-hybridized carbons (Fsp3) is 1.00. The van der Waals surface area contributed by atoms with Gasteiger partial charge in [-0.15, -0.1) is 0 Å². The first-order chi connectivity index (χ1) is 8.85. The van der Waals surface area contributed by atoms with Gasteiger partial charge in [0.05, 0.1) is 12.7 Å². The number of hydrogen-bond donors (Lipinski definition) is 0. The van der Waals surface area contributed by atoms with E-state index in [-0.39, 0.29) is 6.10 Å². The molecule has 0 fully saturated rings. The smallest absolute Gasteiger partial charge is 0.0958 e. The van der Waals surface area contributed by atoms with Crippen LogP contribution >= 0.6 is 0 Å². The number of unbranched alkanes of at least 4 members (excludes halogenated alkanes) is 7. The van der Waals surface area contributed by atoms with Crippen LogP contribution in [-0.2, 0) is 14.8 Å². The average Bonchev–Trinajstić information content (AvgIpc) is 2.40. The summed E-state index contributed by atoms with van der Waals surface area (Å²) in [5.74, 6) is 0. The first-order valence-electron chi connectivity index (χ1n) is 7.80. The Hall–Kier alpha value is -0.120. The molecule has 0 bridgehead atoms. The van der Waals surface area contributed by atoms with Crippen molar-refractivity contribution in [3.8, 4) is 0 Å². The fourth-order valence-electron chi connectivity index (χ4n) is 1.96. The van der Waals surface area contributed by atoms with Crippen LogP contribution in [0, 0.1) is 0 Å².